The molecule has 1 aliphatic heterocycles. The van der Waals surface area contributed by atoms with Crippen molar-refractivity contribution in [2.24, 2.45) is 5.92 Å². The Kier molecular flexibility index (Phi) is 4.30. The van der Waals surface area contributed by atoms with Crippen LogP contribution in [0.4, 0.5) is 8.78 Å². The molecule has 0 amide bonds. The molecule has 100 valence electrons. The standard InChI is InChI=1S/C14H19F2NO/c1-10-2-4-17(9-10)5-3-14(18)11-6-12(15)8-13(16)7-11/h6-8,10,14,18H,2-5,9H2,1H3. The molecule has 0 aromatic heterocycles. The SMILES string of the molecule is CC1CCN(CCC(O)c2cc(F)cc(F)c2)C1. The summed E-state index contributed by atoms with van der Waals surface area (Å²) in [5.41, 5.74) is 0.319. The molecule has 18 heavy (non-hydrogen) atoms. The Labute approximate surface area is 106 Å². The predicted octanol–water partition coefficient (Wildman–Crippen LogP) is 2.73. The molecule has 0 radical (unpaired) electrons. The summed E-state index contributed by atoms with van der Waals surface area (Å²) in [6.07, 6.45) is 0.895. The lowest BCUT2D eigenvalue weighted by Crippen LogP contribution is -2.23. The molecular formula is C14H19F2NO. The molecule has 2 rings (SSSR count). The lowest BCUT2D eigenvalue weighted by Gasteiger charge is -2.18. The van der Waals surface area contributed by atoms with Crippen molar-refractivity contribution >= 4 is 0 Å². The van der Waals surface area contributed by atoms with Gasteiger partial charge < -0.3 is 10.0 Å². The first kappa shape index (κ1) is 13.4. The average Bonchev–Trinajstić information content (AvgIpc) is 2.70. The molecule has 1 N–H and O–H groups in total. The second-order valence-electron chi connectivity index (χ2n) is 5.20. The van der Waals surface area contributed by atoms with E-state index < -0.39 is 17.7 Å². The van der Waals surface area contributed by atoms with Crippen molar-refractivity contribution in [1.29, 1.82) is 0 Å². The number of rotatable bonds is 4. The van der Waals surface area contributed by atoms with E-state index in [1.165, 1.54) is 18.6 Å². The van der Waals surface area contributed by atoms with Gasteiger partial charge in [0.2, 0.25) is 0 Å². The number of hydrogen-bond acceptors (Lipinski definition) is 2. The van der Waals surface area contributed by atoms with Gasteiger partial charge in [0.1, 0.15) is 11.6 Å². The summed E-state index contributed by atoms with van der Waals surface area (Å²) in [6, 6.07) is 3.21. The number of likely N-dealkylation sites (tertiary alicyclic amines) is 1. The zero-order chi connectivity index (χ0) is 13.1. The van der Waals surface area contributed by atoms with Crippen molar-refractivity contribution in [1.82, 2.24) is 4.90 Å². The van der Waals surface area contributed by atoms with Gasteiger partial charge in [-0.25, -0.2) is 8.78 Å². The van der Waals surface area contributed by atoms with Crippen LogP contribution in [0.15, 0.2) is 18.2 Å². The maximum Gasteiger partial charge on any atom is 0.126 e. The highest BCUT2D eigenvalue weighted by atomic mass is 19.1. The monoisotopic (exact) mass is 255 g/mol. The minimum Gasteiger partial charge on any atom is -0.388 e. The normalized spacial score (nSPS) is 22.3. The van der Waals surface area contributed by atoms with Crippen molar-refractivity contribution in [3.63, 3.8) is 0 Å². The van der Waals surface area contributed by atoms with Crippen LogP contribution in [0.1, 0.15) is 31.4 Å². The summed E-state index contributed by atoms with van der Waals surface area (Å²) in [6.45, 7) is 5.07. The van der Waals surface area contributed by atoms with Crippen LogP contribution in [-0.4, -0.2) is 29.6 Å². The zero-order valence-electron chi connectivity index (χ0n) is 10.6. The number of nitrogens with zero attached hydrogens (tertiary/aromatic N) is 1. The van der Waals surface area contributed by atoms with Crippen molar-refractivity contribution < 1.29 is 13.9 Å². The number of hydrogen-bond donors (Lipinski definition) is 1. The van der Waals surface area contributed by atoms with Gasteiger partial charge in [0.05, 0.1) is 6.10 Å². The maximum atomic E-state index is 13.0. The molecule has 2 nitrogen and oxygen atoms in total. The van der Waals surface area contributed by atoms with Gasteiger partial charge in [-0.1, -0.05) is 6.92 Å². The Morgan fingerprint density at radius 1 is 1.33 bits per heavy atom. The Hall–Kier alpha value is -1.00. The van der Waals surface area contributed by atoms with Gasteiger partial charge >= 0.3 is 0 Å². The Bertz CT molecular complexity index is 391. The van der Waals surface area contributed by atoms with E-state index in [-0.39, 0.29) is 0 Å². The van der Waals surface area contributed by atoms with Crippen molar-refractivity contribution in [3.8, 4) is 0 Å². The van der Waals surface area contributed by atoms with E-state index >= 15 is 0 Å². The van der Waals surface area contributed by atoms with Gasteiger partial charge in [0.25, 0.3) is 0 Å². The van der Waals surface area contributed by atoms with Crippen LogP contribution in [0.25, 0.3) is 0 Å². The van der Waals surface area contributed by atoms with Crippen LogP contribution in [0.5, 0.6) is 0 Å². The molecular weight excluding hydrogens is 236 g/mol. The number of aliphatic hydroxyl groups is 1. The van der Waals surface area contributed by atoms with Gasteiger partial charge in [0, 0.05) is 19.2 Å². The topological polar surface area (TPSA) is 23.5 Å². The van der Waals surface area contributed by atoms with Gasteiger partial charge in [-0.15, -0.1) is 0 Å². The van der Waals surface area contributed by atoms with Crippen LogP contribution < -0.4 is 0 Å². The highest BCUT2D eigenvalue weighted by Gasteiger charge is 2.19. The van der Waals surface area contributed by atoms with Crippen molar-refractivity contribution in [3.05, 3.63) is 35.4 Å². The third-order valence-corrected chi connectivity index (χ3v) is 3.50. The first-order chi connectivity index (χ1) is 8.54. The summed E-state index contributed by atoms with van der Waals surface area (Å²) >= 11 is 0. The van der Waals surface area contributed by atoms with Crippen molar-refractivity contribution in [2.75, 3.05) is 19.6 Å². The summed E-state index contributed by atoms with van der Waals surface area (Å²) in [5, 5.41) is 9.94. The number of benzene rings is 1. The Morgan fingerprint density at radius 3 is 2.56 bits per heavy atom. The van der Waals surface area contributed by atoms with E-state index in [2.05, 4.69) is 11.8 Å². The van der Waals surface area contributed by atoms with Gasteiger partial charge in [-0.05, 0) is 43.0 Å². The highest BCUT2D eigenvalue weighted by molar-refractivity contribution is 5.20. The largest absolute Gasteiger partial charge is 0.388 e. The van der Waals surface area contributed by atoms with Gasteiger partial charge in [-0.3, -0.25) is 0 Å². The quantitative estimate of drug-likeness (QED) is 0.894. The predicted molar refractivity (Wildman–Crippen MR) is 66.2 cm³/mol. The molecule has 1 saturated heterocycles. The molecule has 0 aliphatic carbocycles. The van der Waals surface area contributed by atoms with E-state index in [1.54, 1.807) is 0 Å². The van der Waals surface area contributed by atoms with Crippen LogP contribution in [0.3, 0.4) is 0 Å². The molecule has 1 fully saturated rings. The van der Waals surface area contributed by atoms with Crippen molar-refractivity contribution in [2.45, 2.75) is 25.9 Å². The lowest BCUT2D eigenvalue weighted by molar-refractivity contribution is 0.147. The Balaban J connectivity index is 1.89. The van der Waals surface area contributed by atoms with E-state index in [1.807, 2.05) is 0 Å². The maximum absolute atomic E-state index is 13.0. The summed E-state index contributed by atoms with van der Waals surface area (Å²) in [4.78, 5) is 2.28. The molecule has 1 heterocycles. The zero-order valence-corrected chi connectivity index (χ0v) is 10.6. The lowest BCUT2D eigenvalue weighted by atomic mass is 10.1. The van der Waals surface area contributed by atoms with E-state index in [0.29, 0.717) is 17.9 Å². The third kappa shape index (κ3) is 3.50. The third-order valence-electron chi connectivity index (χ3n) is 3.50. The van der Waals surface area contributed by atoms with Crippen LogP contribution in [0.2, 0.25) is 0 Å². The van der Waals surface area contributed by atoms with Crippen LogP contribution in [0, 0.1) is 17.6 Å². The first-order valence-electron chi connectivity index (χ1n) is 6.41. The van der Waals surface area contributed by atoms with Crippen LogP contribution in [-0.2, 0) is 0 Å². The summed E-state index contributed by atoms with van der Waals surface area (Å²) in [5.74, 6) is -0.577. The fourth-order valence-corrected chi connectivity index (χ4v) is 2.47. The van der Waals surface area contributed by atoms with Crippen LogP contribution >= 0.6 is 0 Å². The van der Waals surface area contributed by atoms with Gasteiger partial charge in [0.15, 0.2) is 0 Å². The minimum atomic E-state index is -0.800. The molecule has 1 aromatic rings. The molecule has 0 spiro atoms. The second kappa shape index (κ2) is 5.76. The number of halogens is 2. The highest BCUT2D eigenvalue weighted by Crippen LogP contribution is 2.21. The summed E-state index contributed by atoms with van der Waals surface area (Å²) in [7, 11) is 0. The second-order valence-corrected chi connectivity index (χ2v) is 5.20. The first-order valence-corrected chi connectivity index (χ1v) is 6.41. The molecule has 1 aliphatic rings. The minimum absolute atomic E-state index is 0.319. The van der Waals surface area contributed by atoms with E-state index in [4.69, 9.17) is 0 Å². The fraction of sp³-hybridized carbons (Fsp3) is 0.571. The average molecular weight is 255 g/mol. The fourth-order valence-electron chi connectivity index (χ4n) is 2.47. The van der Waals surface area contributed by atoms with E-state index in [0.717, 1.165) is 25.7 Å². The molecule has 1 aromatic carbocycles. The smallest absolute Gasteiger partial charge is 0.126 e. The molecule has 4 heteroatoms. The molecule has 0 saturated carbocycles. The summed E-state index contributed by atoms with van der Waals surface area (Å²) < 4.78 is 26.0. The number of aliphatic hydroxyl groups excluding tert-OH is 1. The van der Waals surface area contributed by atoms with Gasteiger partial charge in [-0.2, -0.15) is 0 Å². The Morgan fingerprint density at radius 2 is 2.00 bits per heavy atom. The van der Waals surface area contributed by atoms with E-state index in [9.17, 15) is 13.9 Å². The molecule has 2 unspecified atom stereocenters. The molecule has 2 atom stereocenters. The molecule has 0 bridgehead atoms.